The van der Waals surface area contributed by atoms with Gasteiger partial charge in [0.2, 0.25) is 0 Å². The maximum absolute atomic E-state index is 14.7. The molecule has 0 N–H and O–H groups in total. The third kappa shape index (κ3) is 8.01. The topological polar surface area (TPSA) is 176 Å². The predicted molar refractivity (Wildman–Crippen MR) is 280 cm³/mol. The van der Waals surface area contributed by atoms with Crippen molar-refractivity contribution < 1.29 is 26.3 Å². The second-order valence-corrected chi connectivity index (χ2v) is 18.1. The van der Waals surface area contributed by atoms with Crippen LogP contribution in [-0.2, 0) is 12.4 Å². The molecule has 0 atom stereocenters. The van der Waals surface area contributed by atoms with Crippen LogP contribution in [0.5, 0.6) is 0 Å². The van der Waals surface area contributed by atoms with E-state index in [1.54, 1.807) is 78.9 Å². The number of halogens is 6. The lowest BCUT2D eigenvalue weighted by atomic mass is 9.90. The zero-order valence-electron chi connectivity index (χ0n) is 39.9. The number of nitriles is 7. The summed E-state index contributed by atoms with van der Waals surface area (Å²) in [6.07, 6.45) is -10.4. The van der Waals surface area contributed by atoms with Crippen LogP contribution >= 0.6 is 0 Å². The quantitative estimate of drug-likeness (QED) is 0.149. The lowest BCUT2D eigenvalue weighted by Crippen LogP contribution is -2.11. The average Bonchev–Trinajstić information content (AvgIpc) is 4.15. The lowest BCUT2D eigenvalue weighted by molar-refractivity contribution is -0.143. The monoisotopic (exact) mass is 1020 g/mol. The van der Waals surface area contributed by atoms with Gasteiger partial charge in [-0.1, -0.05) is 54.6 Å². The summed E-state index contributed by atoms with van der Waals surface area (Å²) in [6, 6.07) is 56.0. The molecule has 2 aromatic heterocycles. The van der Waals surface area contributed by atoms with E-state index in [0.717, 1.165) is 0 Å². The van der Waals surface area contributed by atoms with E-state index in [0.29, 0.717) is 89.4 Å². The summed E-state index contributed by atoms with van der Waals surface area (Å²) in [5.74, 6) is 0. The van der Waals surface area contributed by atoms with Gasteiger partial charge in [0, 0.05) is 43.9 Å². The molecule has 15 heteroatoms. The summed E-state index contributed by atoms with van der Waals surface area (Å²) in [5.41, 5.74) is 2.36. The Balaban J connectivity index is 1.22. The molecule has 0 amide bonds. The zero-order valence-corrected chi connectivity index (χ0v) is 39.9. The molecular weight excluding hydrogens is 997 g/mol. The number of alkyl halides is 6. The van der Waals surface area contributed by atoms with E-state index in [9.17, 15) is 63.2 Å². The first-order valence-electron chi connectivity index (χ1n) is 23.4. The van der Waals surface area contributed by atoms with Gasteiger partial charge in [0.1, 0.15) is 0 Å². The summed E-state index contributed by atoms with van der Waals surface area (Å²) in [5, 5.41) is 73.2. The van der Waals surface area contributed by atoms with E-state index < -0.39 is 29.0 Å². The normalized spacial score (nSPS) is 11.4. The molecule has 9 aromatic carbocycles. The predicted octanol–water partition coefficient (Wildman–Crippen LogP) is 15.7. The molecule has 0 unspecified atom stereocenters. The average molecular weight is 1020 g/mol. The van der Waals surface area contributed by atoms with Crippen LogP contribution in [-0.4, -0.2) is 9.13 Å². The Morgan fingerprint density at radius 1 is 0.321 bits per heavy atom. The minimum absolute atomic E-state index is 0.0411. The summed E-state index contributed by atoms with van der Waals surface area (Å²) in [4.78, 5) is 0. The van der Waals surface area contributed by atoms with Crippen molar-refractivity contribution in [3.8, 4) is 98.4 Å². The summed E-state index contributed by atoms with van der Waals surface area (Å²) in [7, 11) is 0. The summed E-state index contributed by atoms with van der Waals surface area (Å²) in [6.45, 7) is 0. The number of nitrogens with zero attached hydrogens (tertiary/aromatic N) is 9. The third-order valence-electron chi connectivity index (χ3n) is 13.8. The van der Waals surface area contributed by atoms with E-state index >= 15 is 0 Å². The van der Waals surface area contributed by atoms with Crippen molar-refractivity contribution >= 4 is 43.6 Å². The molecule has 2 heterocycles. The highest BCUT2D eigenvalue weighted by atomic mass is 19.4. The van der Waals surface area contributed by atoms with E-state index in [-0.39, 0.29) is 61.7 Å². The molecule has 0 aliphatic carbocycles. The van der Waals surface area contributed by atoms with Gasteiger partial charge in [-0.05, 0) is 137 Å². The van der Waals surface area contributed by atoms with Crippen molar-refractivity contribution in [3.05, 3.63) is 214 Å². The molecule has 0 fully saturated rings. The molecule has 0 aliphatic heterocycles. The van der Waals surface area contributed by atoms with Crippen LogP contribution in [0.15, 0.2) is 164 Å². The lowest BCUT2D eigenvalue weighted by Gasteiger charge is -2.21. The van der Waals surface area contributed by atoms with Gasteiger partial charge in [-0.3, -0.25) is 0 Å². The summed E-state index contributed by atoms with van der Waals surface area (Å²) >= 11 is 0. The van der Waals surface area contributed by atoms with Gasteiger partial charge < -0.3 is 9.13 Å². The molecule has 9 nitrogen and oxygen atoms in total. The van der Waals surface area contributed by atoms with Gasteiger partial charge >= 0.3 is 12.4 Å². The first-order chi connectivity index (χ1) is 37.6. The molecule has 0 bridgehead atoms. The Morgan fingerprint density at radius 2 is 0.769 bits per heavy atom. The third-order valence-corrected chi connectivity index (χ3v) is 13.8. The maximum Gasteiger partial charge on any atom is 0.416 e. The standard InChI is InChI=1S/C63H27F6N9/c64-62(65,66)45-22-40(23-46(26-45)63(67,68)69)48-13-12-47(77-55-7-3-1-5-49(55)53-24-38(10-15-57(53)77)60-41(31-73)17-36(29-71)18-42(60)32-74)27-51(48)52-21-35(28-70)9-14-58(52)78-56-8-4-2-6-50(56)54-25-39(11-16-59(54)78)61-43(33-75)19-37(30-72)20-44(61)34-76/h1-27H. The van der Waals surface area contributed by atoms with Gasteiger partial charge in [-0.25, -0.2) is 0 Å². The van der Waals surface area contributed by atoms with E-state index in [2.05, 4.69) is 30.3 Å². The molecule has 11 aromatic rings. The Bertz CT molecular complexity index is 4650. The van der Waals surface area contributed by atoms with Crippen molar-refractivity contribution in [1.82, 2.24) is 9.13 Å². The Hall–Kier alpha value is -11.4. The molecule has 0 saturated heterocycles. The fourth-order valence-corrected chi connectivity index (χ4v) is 10.5. The van der Waals surface area contributed by atoms with Crippen molar-refractivity contribution in [2.75, 3.05) is 0 Å². The number of para-hydroxylation sites is 2. The fourth-order valence-electron chi connectivity index (χ4n) is 10.5. The maximum atomic E-state index is 14.7. The number of hydrogen-bond acceptors (Lipinski definition) is 7. The summed E-state index contributed by atoms with van der Waals surface area (Å²) < 4.78 is 91.8. The van der Waals surface area contributed by atoms with Gasteiger partial charge in [-0.15, -0.1) is 0 Å². The highest BCUT2D eigenvalue weighted by Gasteiger charge is 2.37. The largest absolute Gasteiger partial charge is 0.416 e. The first-order valence-corrected chi connectivity index (χ1v) is 23.4. The van der Waals surface area contributed by atoms with Crippen LogP contribution in [0.2, 0.25) is 0 Å². The molecule has 0 aliphatic rings. The van der Waals surface area contributed by atoms with Gasteiger partial charge in [-0.2, -0.15) is 63.2 Å². The van der Waals surface area contributed by atoms with Gasteiger partial charge in [0.25, 0.3) is 0 Å². The Morgan fingerprint density at radius 3 is 1.23 bits per heavy atom. The minimum atomic E-state index is -5.19. The molecule has 0 saturated carbocycles. The molecule has 78 heavy (non-hydrogen) atoms. The molecule has 366 valence electrons. The molecular formula is C63H27F6N9. The Labute approximate surface area is 438 Å². The number of aromatic nitrogens is 2. The van der Waals surface area contributed by atoms with E-state index in [1.807, 2.05) is 51.6 Å². The van der Waals surface area contributed by atoms with Crippen LogP contribution in [0.1, 0.15) is 50.1 Å². The van der Waals surface area contributed by atoms with E-state index in [4.69, 9.17) is 0 Å². The zero-order chi connectivity index (χ0) is 54.8. The van der Waals surface area contributed by atoms with Crippen LogP contribution in [0, 0.1) is 79.3 Å². The highest BCUT2D eigenvalue weighted by molar-refractivity contribution is 6.13. The molecule has 0 radical (unpaired) electrons. The number of rotatable bonds is 6. The first kappa shape index (κ1) is 48.8. The number of hydrogen-bond donors (Lipinski definition) is 0. The Kier molecular flexibility index (Phi) is 11.6. The smallest absolute Gasteiger partial charge is 0.309 e. The van der Waals surface area contributed by atoms with E-state index in [1.165, 1.54) is 36.4 Å². The van der Waals surface area contributed by atoms with Crippen molar-refractivity contribution in [1.29, 1.82) is 36.8 Å². The number of fused-ring (bicyclic) bond motifs is 6. The van der Waals surface area contributed by atoms with Crippen LogP contribution in [0.4, 0.5) is 26.3 Å². The van der Waals surface area contributed by atoms with Gasteiger partial charge in [0.15, 0.2) is 0 Å². The van der Waals surface area contributed by atoms with Crippen molar-refractivity contribution in [2.45, 2.75) is 12.4 Å². The van der Waals surface area contributed by atoms with Crippen LogP contribution < -0.4 is 0 Å². The molecule has 0 spiro atoms. The number of benzene rings is 9. The van der Waals surface area contributed by atoms with Crippen LogP contribution in [0.3, 0.4) is 0 Å². The van der Waals surface area contributed by atoms with Crippen molar-refractivity contribution in [3.63, 3.8) is 0 Å². The second kappa shape index (κ2) is 18.5. The highest BCUT2D eigenvalue weighted by Crippen LogP contribution is 2.46. The second-order valence-electron chi connectivity index (χ2n) is 18.1. The van der Waals surface area contributed by atoms with Gasteiger partial charge in [0.05, 0.1) is 120 Å². The fraction of sp³-hybridized carbons (Fsp3) is 0.0317. The molecule has 11 rings (SSSR count). The minimum Gasteiger partial charge on any atom is -0.309 e. The van der Waals surface area contributed by atoms with Crippen molar-refractivity contribution in [2.24, 2.45) is 0 Å². The SMILES string of the molecule is N#Cc1cc(C#N)c(-c2ccc3c(c2)c2ccccc2n3-c2ccc(-c3cc(C(F)(F)F)cc(C(F)(F)F)c3)c(-c3cc(C#N)ccc3-n3c4ccccc4c4cc(-c5c(C#N)cc(C#N)cc5C#N)ccc43)c2)c(C#N)c1. The van der Waals surface area contributed by atoms with Crippen LogP contribution in [0.25, 0.3) is 99.5 Å².